The van der Waals surface area contributed by atoms with Gasteiger partial charge in [-0.3, -0.25) is 0 Å². The normalized spacial score (nSPS) is 22.8. The van der Waals surface area contributed by atoms with Crippen molar-refractivity contribution in [3.05, 3.63) is 82.4 Å². The van der Waals surface area contributed by atoms with Gasteiger partial charge in [-0.05, 0) is 59.9 Å². The molecule has 1 saturated heterocycles. The first-order valence-electron chi connectivity index (χ1n) is 12.0. The minimum absolute atomic E-state index is 0.199. The summed E-state index contributed by atoms with van der Waals surface area (Å²) in [4.78, 5) is 2.49. The lowest BCUT2D eigenvalue weighted by Gasteiger charge is -2.40. The fourth-order valence-electron chi connectivity index (χ4n) is 5.46. The second-order valence-corrected chi connectivity index (χ2v) is 9.53. The van der Waals surface area contributed by atoms with Crippen molar-refractivity contribution < 1.29 is 14.2 Å². The minimum atomic E-state index is 0.199. The quantitative estimate of drug-likeness (QED) is 0.597. The number of aryl methyl sites for hydroxylation is 2. The molecule has 0 saturated carbocycles. The smallest absolute Gasteiger partial charge is 0.163 e. The van der Waals surface area contributed by atoms with Crippen molar-refractivity contribution in [1.29, 1.82) is 0 Å². The van der Waals surface area contributed by atoms with Gasteiger partial charge in [0.15, 0.2) is 11.5 Å². The van der Waals surface area contributed by atoms with E-state index in [2.05, 4.69) is 72.1 Å². The molecule has 3 aromatic carbocycles. The van der Waals surface area contributed by atoms with Gasteiger partial charge in [-0.2, -0.15) is 0 Å². The average molecular weight is 458 g/mol. The van der Waals surface area contributed by atoms with Gasteiger partial charge in [-0.15, -0.1) is 0 Å². The molecule has 3 aliphatic rings. The average Bonchev–Trinajstić information content (AvgIpc) is 3.29. The van der Waals surface area contributed by atoms with Crippen LogP contribution >= 0.6 is 0 Å². The molecule has 3 aliphatic heterocycles. The molecule has 34 heavy (non-hydrogen) atoms. The maximum absolute atomic E-state index is 5.95. The Balaban J connectivity index is 1.39. The van der Waals surface area contributed by atoms with Crippen LogP contribution in [0.4, 0.5) is 5.69 Å². The van der Waals surface area contributed by atoms with Crippen molar-refractivity contribution in [2.24, 2.45) is 5.92 Å². The Bertz CT molecular complexity index is 1210. The van der Waals surface area contributed by atoms with E-state index in [1.165, 1.54) is 33.5 Å². The molecule has 3 heterocycles. The summed E-state index contributed by atoms with van der Waals surface area (Å²) < 4.78 is 17.2. The molecule has 0 radical (unpaired) electrons. The fraction of sp³-hybridized carbons (Fsp3) is 0.357. The molecule has 3 atom stereocenters. The van der Waals surface area contributed by atoms with Gasteiger partial charge >= 0.3 is 0 Å². The van der Waals surface area contributed by atoms with E-state index in [1.807, 2.05) is 12.1 Å². The Morgan fingerprint density at radius 3 is 2.35 bits per heavy atom. The van der Waals surface area contributed by atoms with Crippen LogP contribution in [-0.2, 0) is 6.54 Å². The first-order chi connectivity index (χ1) is 16.6. The fourth-order valence-corrected chi connectivity index (χ4v) is 5.46. The molecule has 6 rings (SSSR count). The van der Waals surface area contributed by atoms with Gasteiger partial charge in [-0.25, -0.2) is 10.9 Å². The van der Waals surface area contributed by atoms with E-state index in [1.54, 1.807) is 7.11 Å². The lowest BCUT2D eigenvalue weighted by molar-refractivity contribution is 0.171. The predicted octanol–water partition coefficient (Wildman–Crippen LogP) is 4.61. The first kappa shape index (κ1) is 21.3. The monoisotopic (exact) mass is 457 g/mol. The Morgan fingerprint density at radius 1 is 0.882 bits per heavy atom. The number of anilines is 1. The molecular formula is C28H31N3O3. The van der Waals surface area contributed by atoms with E-state index in [0.29, 0.717) is 19.1 Å². The first-order valence-corrected chi connectivity index (χ1v) is 12.0. The predicted molar refractivity (Wildman–Crippen MR) is 133 cm³/mol. The number of nitrogens with one attached hydrogen (secondary N) is 2. The van der Waals surface area contributed by atoms with Crippen molar-refractivity contribution in [2.45, 2.75) is 32.5 Å². The number of nitrogens with zero attached hydrogens (tertiary/aromatic N) is 1. The van der Waals surface area contributed by atoms with E-state index >= 15 is 0 Å². The molecule has 0 spiro atoms. The molecule has 176 valence electrons. The highest BCUT2D eigenvalue weighted by atomic mass is 16.6. The van der Waals surface area contributed by atoms with Crippen LogP contribution < -0.4 is 30.0 Å². The van der Waals surface area contributed by atoms with Crippen LogP contribution in [0.1, 0.15) is 39.9 Å². The van der Waals surface area contributed by atoms with Gasteiger partial charge in [0.1, 0.15) is 19.0 Å². The largest absolute Gasteiger partial charge is 0.497 e. The minimum Gasteiger partial charge on any atom is -0.497 e. The van der Waals surface area contributed by atoms with Crippen LogP contribution in [-0.4, -0.2) is 26.9 Å². The van der Waals surface area contributed by atoms with E-state index in [-0.39, 0.29) is 12.1 Å². The van der Waals surface area contributed by atoms with E-state index in [4.69, 9.17) is 14.2 Å². The molecule has 1 fully saturated rings. The Labute approximate surface area is 200 Å². The third-order valence-corrected chi connectivity index (χ3v) is 7.47. The zero-order valence-corrected chi connectivity index (χ0v) is 19.9. The Morgan fingerprint density at radius 2 is 1.62 bits per heavy atom. The number of rotatable bonds is 4. The second-order valence-electron chi connectivity index (χ2n) is 9.53. The number of ether oxygens (including phenoxy) is 3. The molecule has 2 N–H and O–H groups in total. The van der Waals surface area contributed by atoms with Crippen LogP contribution in [0.2, 0.25) is 0 Å². The van der Waals surface area contributed by atoms with Crippen molar-refractivity contribution in [3.8, 4) is 17.2 Å². The van der Waals surface area contributed by atoms with Crippen LogP contribution in [0.5, 0.6) is 17.2 Å². The number of methoxy groups -OCH3 is 1. The maximum atomic E-state index is 5.95. The number of hydrazine groups is 1. The SMILES string of the molecule is COc1ccc(CN2CC3C(c4ccc(C)c(C)c4)NNC3c3cc4c(cc32)OCCO4)cc1. The van der Waals surface area contributed by atoms with Crippen molar-refractivity contribution in [3.63, 3.8) is 0 Å². The molecular weight excluding hydrogens is 426 g/mol. The molecule has 6 heteroatoms. The number of benzene rings is 3. The van der Waals surface area contributed by atoms with Crippen LogP contribution in [0.3, 0.4) is 0 Å². The van der Waals surface area contributed by atoms with Gasteiger partial charge in [0.05, 0.1) is 19.2 Å². The third kappa shape index (κ3) is 3.67. The van der Waals surface area contributed by atoms with Crippen LogP contribution in [0.15, 0.2) is 54.6 Å². The summed E-state index contributed by atoms with van der Waals surface area (Å²) >= 11 is 0. The molecule has 0 amide bonds. The van der Waals surface area contributed by atoms with E-state index in [9.17, 15) is 0 Å². The van der Waals surface area contributed by atoms with Gasteiger partial charge < -0.3 is 19.1 Å². The molecule has 0 aromatic heterocycles. The summed E-state index contributed by atoms with van der Waals surface area (Å²) in [5.74, 6) is 2.92. The van der Waals surface area contributed by atoms with Crippen molar-refractivity contribution >= 4 is 5.69 Å². The van der Waals surface area contributed by atoms with E-state index in [0.717, 1.165) is 30.3 Å². The highest BCUT2D eigenvalue weighted by molar-refractivity contribution is 5.66. The van der Waals surface area contributed by atoms with Gasteiger partial charge in [-0.1, -0.05) is 30.3 Å². The van der Waals surface area contributed by atoms with Crippen molar-refractivity contribution in [2.75, 3.05) is 31.8 Å². The van der Waals surface area contributed by atoms with Gasteiger partial charge in [0, 0.05) is 30.8 Å². The van der Waals surface area contributed by atoms with Gasteiger partial charge in [0.25, 0.3) is 0 Å². The number of fused-ring (bicyclic) bond motifs is 4. The molecule has 3 aromatic rings. The van der Waals surface area contributed by atoms with Crippen molar-refractivity contribution in [1.82, 2.24) is 10.9 Å². The van der Waals surface area contributed by atoms with Crippen LogP contribution in [0.25, 0.3) is 0 Å². The molecule has 3 unspecified atom stereocenters. The topological polar surface area (TPSA) is 55.0 Å². The summed E-state index contributed by atoms with van der Waals surface area (Å²) in [7, 11) is 1.70. The maximum Gasteiger partial charge on any atom is 0.163 e. The molecule has 0 aliphatic carbocycles. The second kappa shape index (κ2) is 8.53. The Kier molecular flexibility index (Phi) is 5.35. The lowest BCUT2D eigenvalue weighted by Crippen LogP contribution is -2.39. The third-order valence-electron chi connectivity index (χ3n) is 7.47. The Hall–Kier alpha value is -3.22. The highest BCUT2D eigenvalue weighted by Crippen LogP contribution is 2.49. The highest BCUT2D eigenvalue weighted by Gasteiger charge is 2.44. The standard InChI is InChI=1S/C28H31N3O3/c1-17-4-7-20(12-18(17)2)27-23-16-31(15-19-5-8-21(32-3)9-6-19)24-14-26-25(33-10-11-34-26)13-22(24)28(23)30-29-27/h4-9,12-14,23,27-30H,10-11,15-16H2,1-3H3. The zero-order chi connectivity index (χ0) is 23.2. The summed E-state index contributed by atoms with van der Waals surface area (Å²) in [6.45, 7) is 7.28. The van der Waals surface area contributed by atoms with Gasteiger partial charge in [0.2, 0.25) is 0 Å². The van der Waals surface area contributed by atoms with E-state index < -0.39 is 0 Å². The summed E-state index contributed by atoms with van der Waals surface area (Å²) in [6, 6.07) is 19.9. The summed E-state index contributed by atoms with van der Waals surface area (Å²) in [6.07, 6.45) is 0. The molecule has 6 nitrogen and oxygen atoms in total. The molecule has 0 bridgehead atoms. The number of hydrogen-bond donors (Lipinski definition) is 2. The van der Waals surface area contributed by atoms with Crippen LogP contribution in [0, 0.1) is 19.8 Å². The summed E-state index contributed by atoms with van der Waals surface area (Å²) in [5, 5.41) is 0. The zero-order valence-electron chi connectivity index (χ0n) is 19.9. The summed E-state index contributed by atoms with van der Waals surface area (Å²) in [5.41, 5.74) is 14.9. The lowest BCUT2D eigenvalue weighted by atomic mass is 9.81. The number of hydrogen-bond acceptors (Lipinski definition) is 6.